The van der Waals surface area contributed by atoms with E-state index >= 15 is 0 Å². The number of allylic oxidation sites excluding steroid dienone is 2. The molecule has 0 amide bonds. The smallest absolute Gasteiger partial charge is 0.140 e. The number of rotatable bonds is 0. The van der Waals surface area contributed by atoms with Gasteiger partial charge in [0.1, 0.15) is 5.78 Å². The number of ketones is 1. The van der Waals surface area contributed by atoms with E-state index in [2.05, 4.69) is 25.7 Å². The van der Waals surface area contributed by atoms with E-state index in [1.807, 2.05) is 0 Å². The number of hydrogen-bond acceptors (Lipinski definition) is 3. The zero-order valence-corrected chi connectivity index (χ0v) is 19.3. The first-order valence-electron chi connectivity index (χ1n) is 13.0. The second-order valence-corrected chi connectivity index (χ2v) is 12.5. The molecule has 30 heavy (non-hydrogen) atoms. The number of aliphatic hydroxyl groups is 1. The Balaban J connectivity index is 1.30. The summed E-state index contributed by atoms with van der Waals surface area (Å²) in [6, 6.07) is 0.825. The molecule has 10 atom stereocenters. The van der Waals surface area contributed by atoms with Crippen LogP contribution in [0.2, 0.25) is 0 Å². The van der Waals surface area contributed by atoms with Gasteiger partial charge in [-0.2, -0.15) is 0 Å². The van der Waals surface area contributed by atoms with Crippen LogP contribution < -0.4 is 0 Å². The summed E-state index contributed by atoms with van der Waals surface area (Å²) in [6.07, 6.45) is 9.84. The summed E-state index contributed by atoms with van der Waals surface area (Å²) in [5.41, 5.74) is 3.32. The van der Waals surface area contributed by atoms with Gasteiger partial charge in [-0.25, -0.2) is 0 Å². The second-order valence-electron chi connectivity index (χ2n) is 12.5. The number of aliphatic hydroxyl groups excluding tert-OH is 1. The summed E-state index contributed by atoms with van der Waals surface area (Å²) in [6.45, 7) is 10.0. The molecular formula is C27H41NO2. The SMILES string of the molecule is CC1CCC2C(C)C3CCC4C5=C(CC4C3CN2C1)C1(C)CCC(O)CC1C(=O)C5. The van der Waals surface area contributed by atoms with Gasteiger partial charge in [0, 0.05) is 31.5 Å². The number of hydrogen-bond donors (Lipinski definition) is 1. The van der Waals surface area contributed by atoms with Gasteiger partial charge in [-0.3, -0.25) is 9.69 Å². The van der Waals surface area contributed by atoms with Crippen molar-refractivity contribution in [2.75, 3.05) is 13.1 Å². The lowest BCUT2D eigenvalue weighted by Crippen LogP contribution is -2.58. The topological polar surface area (TPSA) is 40.5 Å². The molecule has 2 aliphatic heterocycles. The van der Waals surface area contributed by atoms with Gasteiger partial charge in [-0.1, -0.05) is 31.9 Å². The van der Waals surface area contributed by atoms with Gasteiger partial charge < -0.3 is 5.11 Å². The molecule has 0 aromatic carbocycles. The molecule has 2 saturated carbocycles. The molecule has 3 nitrogen and oxygen atoms in total. The molecule has 6 rings (SSSR count). The standard InChI is InChI=1S/C27H41NO2/c1-15-4-7-25-16(2)18-5-6-19-20(22(18)14-28(25)13-15)11-23-21(19)12-26(30)24-10-17(29)8-9-27(23,24)3/h15-20,22,24-25,29H,4-14H2,1-3H3. The molecule has 166 valence electrons. The van der Waals surface area contributed by atoms with Crippen LogP contribution in [0.15, 0.2) is 11.1 Å². The second kappa shape index (κ2) is 6.91. The Morgan fingerprint density at radius 3 is 2.67 bits per heavy atom. The molecule has 0 radical (unpaired) electrons. The maximum absolute atomic E-state index is 13.2. The van der Waals surface area contributed by atoms with Crippen molar-refractivity contribution < 1.29 is 9.90 Å². The summed E-state index contributed by atoms with van der Waals surface area (Å²) < 4.78 is 0. The third kappa shape index (κ3) is 2.73. The van der Waals surface area contributed by atoms with Gasteiger partial charge in [-0.15, -0.1) is 0 Å². The minimum absolute atomic E-state index is 0.0409. The predicted octanol–water partition coefficient (Wildman–Crippen LogP) is 4.84. The maximum atomic E-state index is 13.2. The summed E-state index contributed by atoms with van der Waals surface area (Å²) in [4.78, 5) is 16.1. The molecule has 2 heterocycles. The van der Waals surface area contributed by atoms with Crippen LogP contribution in [0.25, 0.3) is 0 Å². The van der Waals surface area contributed by atoms with Gasteiger partial charge in [0.2, 0.25) is 0 Å². The molecule has 0 aromatic heterocycles. The van der Waals surface area contributed by atoms with Crippen molar-refractivity contribution in [1.82, 2.24) is 4.90 Å². The third-order valence-corrected chi connectivity index (χ3v) is 11.1. The van der Waals surface area contributed by atoms with Gasteiger partial charge in [0.25, 0.3) is 0 Å². The van der Waals surface area contributed by atoms with E-state index in [0.29, 0.717) is 24.5 Å². The zero-order chi connectivity index (χ0) is 20.8. The molecule has 6 aliphatic rings. The van der Waals surface area contributed by atoms with Crippen LogP contribution >= 0.6 is 0 Å². The highest BCUT2D eigenvalue weighted by Gasteiger charge is 2.57. The summed E-state index contributed by atoms with van der Waals surface area (Å²) in [5, 5.41) is 10.3. The van der Waals surface area contributed by atoms with Gasteiger partial charge in [0.05, 0.1) is 6.10 Å². The van der Waals surface area contributed by atoms with Crippen LogP contribution in [0.3, 0.4) is 0 Å². The first kappa shape index (κ1) is 20.0. The highest BCUT2D eigenvalue weighted by Crippen LogP contribution is 2.63. The summed E-state index contributed by atoms with van der Waals surface area (Å²) >= 11 is 0. The number of fused-ring (bicyclic) bond motifs is 7. The average molecular weight is 412 g/mol. The normalized spacial score (nSPS) is 53.5. The van der Waals surface area contributed by atoms with Crippen molar-refractivity contribution >= 4 is 5.78 Å². The quantitative estimate of drug-likeness (QED) is 0.580. The Hall–Kier alpha value is -0.670. The van der Waals surface area contributed by atoms with E-state index in [1.54, 1.807) is 11.1 Å². The van der Waals surface area contributed by atoms with Crippen molar-refractivity contribution in [2.24, 2.45) is 46.8 Å². The molecule has 0 spiro atoms. The Kier molecular flexibility index (Phi) is 4.60. The van der Waals surface area contributed by atoms with Gasteiger partial charge in [0.15, 0.2) is 0 Å². The van der Waals surface area contributed by atoms with Crippen LogP contribution in [0.4, 0.5) is 0 Å². The Bertz CT molecular complexity index is 771. The number of carbonyl (C=O) groups excluding carboxylic acids is 1. The molecular weight excluding hydrogens is 370 g/mol. The molecule has 1 N–H and O–H groups in total. The maximum Gasteiger partial charge on any atom is 0.140 e. The van der Waals surface area contributed by atoms with Crippen molar-refractivity contribution in [3.63, 3.8) is 0 Å². The molecule has 3 heteroatoms. The molecule has 4 fully saturated rings. The fourth-order valence-corrected chi connectivity index (χ4v) is 9.57. The van der Waals surface area contributed by atoms with Crippen LogP contribution in [0.5, 0.6) is 0 Å². The van der Waals surface area contributed by atoms with Crippen molar-refractivity contribution in [2.45, 2.75) is 90.7 Å². The monoisotopic (exact) mass is 411 g/mol. The molecule has 4 aliphatic carbocycles. The highest BCUT2D eigenvalue weighted by atomic mass is 16.3. The summed E-state index contributed by atoms with van der Waals surface area (Å²) in [7, 11) is 0. The van der Waals surface area contributed by atoms with Crippen molar-refractivity contribution in [3.8, 4) is 0 Å². The van der Waals surface area contributed by atoms with Crippen LogP contribution in [-0.4, -0.2) is 41.0 Å². The van der Waals surface area contributed by atoms with Gasteiger partial charge >= 0.3 is 0 Å². The number of Topliss-reactive ketones (excluding diaryl/α,β-unsaturated/α-hetero) is 1. The predicted molar refractivity (Wildman–Crippen MR) is 119 cm³/mol. The Morgan fingerprint density at radius 2 is 1.83 bits per heavy atom. The van der Waals surface area contributed by atoms with Crippen LogP contribution in [0.1, 0.15) is 78.6 Å². The first-order valence-corrected chi connectivity index (χ1v) is 13.0. The molecule has 0 bridgehead atoms. The highest BCUT2D eigenvalue weighted by molar-refractivity contribution is 5.87. The average Bonchev–Trinajstić information content (AvgIpc) is 3.09. The van der Waals surface area contributed by atoms with Crippen molar-refractivity contribution in [1.29, 1.82) is 0 Å². The van der Waals surface area contributed by atoms with E-state index in [9.17, 15) is 9.90 Å². The fourth-order valence-electron chi connectivity index (χ4n) is 9.57. The molecule has 10 unspecified atom stereocenters. The number of piperidine rings is 2. The van der Waals surface area contributed by atoms with E-state index in [-0.39, 0.29) is 17.4 Å². The Labute approximate surface area is 182 Å². The molecule has 0 aromatic rings. The lowest BCUT2D eigenvalue weighted by atomic mass is 9.57. The lowest BCUT2D eigenvalue weighted by molar-refractivity contribution is -0.130. The third-order valence-electron chi connectivity index (χ3n) is 11.1. The minimum atomic E-state index is -0.264. The summed E-state index contributed by atoms with van der Waals surface area (Å²) in [5.74, 6) is 5.40. The van der Waals surface area contributed by atoms with Gasteiger partial charge in [-0.05, 0) is 92.3 Å². The number of nitrogens with zero attached hydrogens (tertiary/aromatic N) is 1. The number of carbonyl (C=O) groups is 1. The van der Waals surface area contributed by atoms with Crippen molar-refractivity contribution in [3.05, 3.63) is 11.1 Å². The van der Waals surface area contributed by atoms with E-state index in [4.69, 9.17) is 0 Å². The van der Waals surface area contributed by atoms with Crippen LogP contribution in [0, 0.1) is 46.8 Å². The first-order chi connectivity index (χ1) is 14.4. The fraction of sp³-hybridized carbons (Fsp3) is 0.889. The van der Waals surface area contributed by atoms with Crippen LogP contribution in [-0.2, 0) is 4.79 Å². The Morgan fingerprint density at radius 1 is 1.00 bits per heavy atom. The minimum Gasteiger partial charge on any atom is -0.393 e. The largest absolute Gasteiger partial charge is 0.393 e. The van der Waals surface area contributed by atoms with E-state index in [0.717, 1.165) is 48.5 Å². The van der Waals surface area contributed by atoms with E-state index in [1.165, 1.54) is 45.2 Å². The molecule has 2 saturated heterocycles. The van der Waals surface area contributed by atoms with E-state index < -0.39 is 0 Å². The zero-order valence-electron chi connectivity index (χ0n) is 19.3. The lowest BCUT2D eigenvalue weighted by Gasteiger charge is -2.56.